The zero-order valence-corrected chi connectivity index (χ0v) is 12.6. The lowest BCUT2D eigenvalue weighted by Gasteiger charge is -2.11. The maximum absolute atomic E-state index is 12.0. The Labute approximate surface area is 128 Å². The largest absolute Gasteiger partial charge is 0.292 e. The number of thioether (sulfide) groups is 1. The predicted octanol–water partition coefficient (Wildman–Crippen LogP) is 3.37. The number of rotatable bonds is 5. The van der Waals surface area contributed by atoms with E-state index < -0.39 is 0 Å². The number of hydrogen-bond acceptors (Lipinski definition) is 3. The molecule has 1 N–H and O–H groups in total. The minimum absolute atomic E-state index is 0.233. The average Bonchev–Trinajstić information content (AvgIpc) is 2.54. The number of carbonyl (C=O) groups is 2. The summed E-state index contributed by atoms with van der Waals surface area (Å²) in [5, 5.41) is 2.44. The van der Waals surface area contributed by atoms with Crippen molar-refractivity contribution in [1.29, 1.82) is 0 Å². The molecule has 0 fully saturated rings. The summed E-state index contributed by atoms with van der Waals surface area (Å²) in [4.78, 5) is 25.0. The molecule has 0 aliphatic rings. The minimum atomic E-state index is -0.350. The zero-order valence-electron chi connectivity index (χ0n) is 11.8. The van der Waals surface area contributed by atoms with Gasteiger partial charge in [-0.3, -0.25) is 14.9 Å². The van der Waals surface area contributed by atoms with Crippen molar-refractivity contribution in [2.45, 2.75) is 11.8 Å². The number of benzene rings is 2. The van der Waals surface area contributed by atoms with Crippen LogP contribution in [0.1, 0.15) is 17.3 Å². The Balaban J connectivity index is 1.84. The van der Waals surface area contributed by atoms with Gasteiger partial charge in [0.25, 0.3) is 5.91 Å². The van der Waals surface area contributed by atoms with Gasteiger partial charge in [0.05, 0.1) is 0 Å². The Morgan fingerprint density at radius 1 is 1.00 bits per heavy atom. The molecule has 0 aromatic heterocycles. The molecule has 0 spiro atoms. The molecule has 0 aliphatic heterocycles. The molecular formula is C17H17NO2S. The van der Waals surface area contributed by atoms with Crippen LogP contribution in [0.5, 0.6) is 0 Å². The molecule has 0 heterocycles. The van der Waals surface area contributed by atoms with E-state index in [9.17, 15) is 9.59 Å². The number of hydrogen-bond donors (Lipinski definition) is 1. The highest BCUT2D eigenvalue weighted by molar-refractivity contribution is 7.99. The summed E-state index contributed by atoms with van der Waals surface area (Å²) in [5.41, 5.74) is 0.494. The molecule has 0 bridgehead atoms. The van der Waals surface area contributed by atoms with Crippen LogP contribution in [0.15, 0.2) is 65.6 Å². The van der Waals surface area contributed by atoms with Crippen LogP contribution < -0.4 is 5.32 Å². The molecule has 0 saturated carbocycles. The van der Waals surface area contributed by atoms with Crippen LogP contribution in [-0.2, 0) is 4.79 Å². The topological polar surface area (TPSA) is 46.2 Å². The Morgan fingerprint density at radius 2 is 1.57 bits per heavy atom. The van der Waals surface area contributed by atoms with E-state index >= 15 is 0 Å². The van der Waals surface area contributed by atoms with Crippen molar-refractivity contribution in [2.75, 3.05) is 5.75 Å². The summed E-state index contributed by atoms with van der Waals surface area (Å²) < 4.78 is 0. The number of carbonyl (C=O) groups excluding carboxylic acids is 2. The van der Waals surface area contributed by atoms with Crippen LogP contribution in [0.3, 0.4) is 0 Å². The summed E-state index contributed by atoms with van der Waals surface area (Å²) in [6.45, 7) is 1.82. The fourth-order valence-electron chi connectivity index (χ4n) is 1.71. The summed E-state index contributed by atoms with van der Waals surface area (Å²) in [7, 11) is 0. The lowest BCUT2D eigenvalue weighted by Crippen LogP contribution is -2.35. The molecule has 2 rings (SSSR count). The van der Waals surface area contributed by atoms with Crippen molar-refractivity contribution < 1.29 is 9.59 Å². The summed E-state index contributed by atoms with van der Waals surface area (Å²) >= 11 is 1.61. The van der Waals surface area contributed by atoms with Gasteiger partial charge in [-0.25, -0.2) is 0 Å². The summed E-state index contributed by atoms with van der Waals surface area (Å²) in [6, 6.07) is 18.6. The van der Waals surface area contributed by atoms with Crippen LogP contribution in [0.4, 0.5) is 0 Å². The minimum Gasteiger partial charge on any atom is -0.292 e. The van der Waals surface area contributed by atoms with Gasteiger partial charge in [0, 0.05) is 22.1 Å². The second kappa shape index (κ2) is 7.64. The van der Waals surface area contributed by atoms with Crippen LogP contribution in [-0.4, -0.2) is 17.6 Å². The maximum atomic E-state index is 12.0. The van der Waals surface area contributed by atoms with Gasteiger partial charge in [-0.1, -0.05) is 43.3 Å². The normalized spacial score (nSPS) is 11.7. The Kier molecular flexibility index (Phi) is 5.58. The van der Waals surface area contributed by atoms with Gasteiger partial charge in [-0.15, -0.1) is 11.8 Å². The Morgan fingerprint density at radius 3 is 2.19 bits per heavy atom. The second-order valence-corrected chi connectivity index (χ2v) is 5.80. The highest BCUT2D eigenvalue weighted by atomic mass is 32.2. The SMILES string of the molecule is C[C@H](CSc1ccccc1)C(=O)NC(=O)c1ccccc1. The molecule has 4 heteroatoms. The first kappa shape index (κ1) is 15.3. The molecule has 2 aromatic rings. The van der Waals surface area contributed by atoms with Crippen molar-refractivity contribution in [1.82, 2.24) is 5.32 Å². The predicted molar refractivity (Wildman–Crippen MR) is 85.2 cm³/mol. The molecule has 1 atom stereocenters. The second-order valence-electron chi connectivity index (χ2n) is 4.71. The molecule has 2 aromatic carbocycles. The lowest BCUT2D eigenvalue weighted by molar-refractivity contribution is -0.122. The number of imide groups is 1. The summed E-state index contributed by atoms with van der Waals surface area (Å²) in [6.07, 6.45) is 0. The molecule has 2 amide bonds. The van der Waals surface area contributed by atoms with E-state index in [1.165, 1.54) is 0 Å². The molecule has 21 heavy (non-hydrogen) atoms. The molecular weight excluding hydrogens is 282 g/mol. The van der Waals surface area contributed by atoms with E-state index in [0.717, 1.165) is 4.90 Å². The molecule has 0 saturated heterocycles. The van der Waals surface area contributed by atoms with Gasteiger partial charge < -0.3 is 0 Å². The van der Waals surface area contributed by atoms with E-state index in [0.29, 0.717) is 11.3 Å². The van der Waals surface area contributed by atoms with Crippen LogP contribution >= 0.6 is 11.8 Å². The van der Waals surface area contributed by atoms with Crippen LogP contribution in [0.25, 0.3) is 0 Å². The van der Waals surface area contributed by atoms with E-state index in [-0.39, 0.29) is 17.7 Å². The maximum Gasteiger partial charge on any atom is 0.257 e. The first-order valence-corrected chi connectivity index (χ1v) is 7.73. The molecule has 0 unspecified atom stereocenters. The van der Waals surface area contributed by atoms with Gasteiger partial charge in [0.15, 0.2) is 0 Å². The van der Waals surface area contributed by atoms with E-state index in [2.05, 4.69) is 5.32 Å². The third kappa shape index (κ3) is 4.76. The van der Waals surface area contributed by atoms with Crippen molar-refractivity contribution in [3.8, 4) is 0 Å². The fraction of sp³-hybridized carbons (Fsp3) is 0.176. The van der Waals surface area contributed by atoms with Crippen molar-refractivity contribution in [3.63, 3.8) is 0 Å². The molecule has 108 valence electrons. The highest BCUT2D eigenvalue weighted by Crippen LogP contribution is 2.20. The molecule has 3 nitrogen and oxygen atoms in total. The molecule has 0 aliphatic carbocycles. The van der Waals surface area contributed by atoms with Crippen molar-refractivity contribution in [3.05, 3.63) is 66.2 Å². The average molecular weight is 299 g/mol. The lowest BCUT2D eigenvalue weighted by atomic mass is 10.2. The van der Waals surface area contributed by atoms with Gasteiger partial charge >= 0.3 is 0 Å². The van der Waals surface area contributed by atoms with Crippen molar-refractivity contribution >= 4 is 23.6 Å². The van der Waals surface area contributed by atoms with Gasteiger partial charge in [-0.2, -0.15) is 0 Å². The van der Waals surface area contributed by atoms with Crippen molar-refractivity contribution in [2.24, 2.45) is 5.92 Å². The first-order valence-electron chi connectivity index (χ1n) is 6.75. The van der Waals surface area contributed by atoms with Crippen LogP contribution in [0.2, 0.25) is 0 Å². The standard InChI is InChI=1S/C17H17NO2S/c1-13(12-21-15-10-6-3-7-11-15)16(19)18-17(20)14-8-4-2-5-9-14/h2-11,13H,12H2,1H3,(H,18,19,20)/t13-/m1/s1. The third-order valence-corrected chi connectivity index (χ3v) is 4.24. The van der Waals surface area contributed by atoms with Gasteiger partial charge in [-0.05, 0) is 24.3 Å². The number of amides is 2. The monoisotopic (exact) mass is 299 g/mol. The van der Waals surface area contributed by atoms with E-state index in [1.807, 2.05) is 43.3 Å². The van der Waals surface area contributed by atoms with Gasteiger partial charge in [0.2, 0.25) is 5.91 Å². The van der Waals surface area contributed by atoms with Gasteiger partial charge in [0.1, 0.15) is 0 Å². The molecule has 0 radical (unpaired) electrons. The summed E-state index contributed by atoms with van der Waals surface area (Å²) in [5.74, 6) is -0.190. The Bertz CT molecular complexity index is 599. The number of nitrogens with one attached hydrogen (secondary N) is 1. The third-order valence-electron chi connectivity index (χ3n) is 2.96. The quantitative estimate of drug-likeness (QED) is 0.861. The fourth-order valence-corrected chi connectivity index (χ4v) is 2.65. The smallest absolute Gasteiger partial charge is 0.257 e. The Hall–Kier alpha value is -2.07. The van der Waals surface area contributed by atoms with E-state index in [1.54, 1.807) is 36.0 Å². The zero-order chi connectivity index (χ0) is 15.1. The van der Waals surface area contributed by atoms with Crippen LogP contribution in [0, 0.1) is 5.92 Å². The van der Waals surface area contributed by atoms with E-state index in [4.69, 9.17) is 0 Å². The first-order chi connectivity index (χ1) is 10.2. The highest BCUT2D eigenvalue weighted by Gasteiger charge is 2.16.